The van der Waals surface area contributed by atoms with E-state index >= 15 is 0 Å². The van der Waals surface area contributed by atoms with Gasteiger partial charge in [0, 0.05) is 6.54 Å². The van der Waals surface area contributed by atoms with Crippen molar-refractivity contribution in [2.75, 3.05) is 6.54 Å². The second-order valence-corrected chi connectivity index (χ2v) is 13.3. The Kier molecular flexibility index (Phi) is 3.41. The lowest BCUT2D eigenvalue weighted by molar-refractivity contribution is -0.157. The number of carbonyl (C=O) groups excluding carboxylic acids is 1. The average Bonchev–Trinajstić information content (AvgIpc) is 3.09. The van der Waals surface area contributed by atoms with Gasteiger partial charge in [0.2, 0.25) is 5.91 Å². The molecule has 0 radical (unpaired) electrons. The monoisotopic (exact) mass is 307 g/mol. The number of fused-ring (bicyclic) bond motifs is 1. The quantitative estimate of drug-likeness (QED) is 0.451. The third-order valence-electron chi connectivity index (χ3n) is 5.95. The van der Waals surface area contributed by atoms with Gasteiger partial charge in [-0.2, -0.15) is 0 Å². The largest absolute Gasteiger partial charge is 0.413 e. The average molecular weight is 308 g/mol. The van der Waals surface area contributed by atoms with Crippen LogP contribution in [0.5, 0.6) is 0 Å². The summed E-state index contributed by atoms with van der Waals surface area (Å²) in [5.74, 6) is 1.13. The van der Waals surface area contributed by atoms with E-state index in [1.165, 1.54) is 18.4 Å². The summed E-state index contributed by atoms with van der Waals surface area (Å²) in [7, 11) is -1.81. The van der Waals surface area contributed by atoms with Crippen LogP contribution in [-0.2, 0) is 9.22 Å². The molecular weight excluding hydrogens is 278 g/mol. The Morgan fingerprint density at radius 2 is 1.95 bits per heavy atom. The van der Waals surface area contributed by atoms with Crippen molar-refractivity contribution in [3.05, 3.63) is 11.6 Å². The molecule has 1 saturated carbocycles. The Hall–Kier alpha value is -0.613. The maximum atomic E-state index is 12.4. The van der Waals surface area contributed by atoms with Gasteiger partial charge in [-0.25, -0.2) is 0 Å². The lowest BCUT2D eigenvalue weighted by Crippen LogP contribution is -2.64. The molecule has 3 aliphatic rings. The molecule has 0 aromatic rings. The van der Waals surface area contributed by atoms with Gasteiger partial charge in [0.05, 0.1) is 18.1 Å². The normalized spacial score (nSPS) is 30.9. The van der Waals surface area contributed by atoms with E-state index in [9.17, 15) is 4.79 Å². The summed E-state index contributed by atoms with van der Waals surface area (Å²) in [6, 6.07) is 0.352. The van der Waals surface area contributed by atoms with E-state index in [4.69, 9.17) is 4.43 Å². The molecule has 3 rings (SSSR count). The summed E-state index contributed by atoms with van der Waals surface area (Å²) < 4.78 is 6.50. The van der Waals surface area contributed by atoms with Crippen molar-refractivity contribution in [3.8, 4) is 0 Å². The minimum atomic E-state index is -1.81. The van der Waals surface area contributed by atoms with Crippen LogP contribution in [0.3, 0.4) is 0 Å². The summed E-state index contributed by atoms with van der Waals surface area (Å²) in [6.07, 6.45) is 4.97. The van der Waals surface area contributed by atoms with E-state index < -0.39 is 8.32 Å². The molecule has 0 unspecified atom stereocenters. The van der Waals surface area contributed by atoms with E-state index in [-0.39, 0.29) is 17.1 Å². The van der Waals surface area contributed by atoms with E-state index in [1.54, 1.807) is 0 Å². The first-order chi connectivity index (χ1) is 9.63. The molecule has 21 heavy (non-hydrogen) atoms. The summed E-state index contributed by atoms with van der Waals surface area (Å²) in [5.41, 5.74) is 1.53. The first-order valence-electron chi connectivity index (χ1n) is 8.32. The van der Waals surface area contributed by atoms with Gasteiger partial charge in [0.25, 0.3) is 0 Å². The third kappa shape index (κ3) is 2.40. The van der Waals surface area contributed by atoms with Crippen LogP contribution in [0.2, 0.25) is 18.1 Å². The van der Waals surface area contributed by atoms with Crippen molar-refractivity contribution in [1.29, 1.82) is 0 Å². The summed E-state index contributed by atoms with van der Waals surface area (Å²) >= 11 is 0. The second-order valence-electron chi connectivity index (χ2n) is 8.52. The molecule has 3 atom stereocenters. The predicted octanol–water partition coefficient (Wildman–Crippen LogP) is 3.57. The standard InChI is InChI=1S/C17H29NO2Si/c1-11(20-21(5,6)17(2,3)4)14-15-13(12-7-8-12)9-10-18(15)16(14)19/h9,11-12,14-15H,7-8,10H2,1-6H3/t11-,14-,15-/m1/s1. The van der Waals surface area contributed by atoms with Crippen molar-refractivity contribution in [2.45, 2.75) is 70.8 Å². The van der Waals surface area contributed by atoms with E-state index in [1.807, 2.05) is 4.90 Å². The third-order valence-corrected chi connectivity index (χ3v) is 10.5. The topological polar surface area (TPSA) is 29.5 Å². The molecule has 2 fully saturated rings. The fraction of sp³-hybridized carbons (Fsp3) is 0.824. The van der Waals surface area contributed by atoms with Gasteiger partial charge in [-0.05, 0) is 49.4 Å². The number of β-lactam (4-membered cyclic amide) rings is 1. The second kappa shape index (κ2) is 4.69. The maximum absolute atomic E-state index is 12.4. The minimum Gasteiger partial charge on any atom is -0.413 e. The fourth-order valence-corrected chi connectivity index (χ4v) is 4.92. The van der Waals surface area contributed by atoms with Crippen LogP contribution in [0, 0.1) is 11.8 Å². The number of nitrogens with zero attached hydrogens (tertiary/aromatic N) is 1. The number of amides is 1. The Labute approximate surface area is 129 Å². The minimum absolute atomic E-state index is 0.0416. The van der Waals surface area contributed by atoms with Crippen LogP contribution < -0.4 is 0 Å². The smallest absolute Gasteiger partial charge is 0.231 e. The molecule has 1 amide bonds. The predicted molar refractivity (Wildman–Crippen MR) is 87.5 cm³/mol. The first-order valence-corrected chi connectivity index (χ1v) is 11.2. The molecule has 0 aromatic heterocycles. The zero-order valence-electron chi connectivity index (χ0n) is 14.3. The van der Waals surface area contributed by atoms with Gasteiger partial charge < -0.3 is 9.33 Å². The number of hydrogen-bond donors (Lipinski definition) is 0. The van der Waals surface area contributed by atoms with Crippen molar-refractivity contribution >= 4 is 14.2 Å². The molecule has 0 spiro atoms. The molecule has 1 saturated heterocycles. The Bertz CT molecular complexity index is 488. The molecule has 3 nitrogen and oxygen atoms in total. The first kappa shape index (κ1) is 15.3. The number of rotatable bonds is 4. The lowest BCUT2D eigenvalue weighted by atomic mass is 9.80. The van der Waals surface area contributed by atoms with Crippen LogP contribution in [0.15, 0.2) is 11.6 Å². The zero-order valence-corrected chi connectivity index (χ0v) is 15.3. The maximum Gasteiger partial charge on any atom is 0.231 e. The molecule has 0 aromatic carbocycles. The Morgan fingerprint density at radius 1 is 1.33 bits per heavy atom. The molecule has 0 N–H and O–H groups in total. The SMILES string of the molecule is C[C@@H](O[Si](C)(C)C(C)(C)C)[C@H]1C(=O)N2CC=C(C3CC3)[C@H]12. The lowest BCUT2D eigenvalue weighted by Gasteiger charge is -2.49. The van der Waals surface area contributed by atoms with E-state index in [0.717, 1.165) is 12.5 Å². The van der Waals surface area contributed by atoms with Gasteiger partial charge in [0.1, 0.15) is 0 Å². The molecular formula is C17H29NO2Si. The summed E-state index contributed by atoms with van der Waals surface area (Å²) in [6.45, 7) is 14.3. The molecule has 0 bridgehead atoms. The van der Waals surface area contributed by atoms with Crippen molar-refractivity contribution < 1.29 is 9.22 Å². The van der Waals surface area contributed by atoms with Crippen molar-refractivity contribution in [1.82, 2.24) is 4.90 Å². The van der Waals surface area contributed by atoms with Crippen LogP contribution in [0.25, 0.3) is 0 Å². The van der Waals surface area contributed by atoms with E-state index in [2.05, 4.69) is 46.9 Å². The molecule has 118 valence electrons. The summed E-state index contributed by atoms with van der Waals surface area (Å²) in [5, 5.41) is 0.193. The zero-order chi connectivity index (χ0) is 15.6. The van der Waals surface area contributed by atoms with Gasteiger partial charge >= 0.3 is 0 Å². The highest BCUT2D eigenvalue weighted by molar-refractivity contribution is 6.74. The Balaban J connectivity index is 1.71. The van der Waals surface area contributed by atoms with Crippen molar-refractivity contribution in [2.24, 2.45) is 11.8 Å². The highest BCUT2D eigenvalue weighted by Crippen LogP contribution is 2.49. The van der Waals surface area contributed by atoms with Gasteiger partial charge in [-0.1, -0.05) is 26.8 Å². The highest BCUT2D eigenvalue weighted by Gasteiger charge is 2.56. The summed E-state index contributed by atoms with van der Waals surface area (Å²) in [4.78, 5) is 14.5. The number of carbonyl (C=O) groups is 1. The molecule has 2 aliphatic heterocycles. The molecule has 1 aliphatic carbocycles. The van der Waals surface area contributed by atoms with Crippen LogP contribution in [-0.4, -0.2) is 37.8 Å². The molecule has 2 heterocycles. The van der Waals surface area contributed by atoms with E-state index in [0.29, 0.717) is 11.9 Å². The van der Waals surface area contributed by atoms with Crippen LogP contribution in [0.1, 0.15) is 40.5 Å². The van der Waals surface area contributed by atoms with Gasteiger partial charge in [-0.15, -0.1) is 0 Å². The van der Waals surface area contributed by atoms with Gasteiger partial charge in [0.15, 0.2) is 8.32 Å². The fourth-order valence-electron chi connectivity index (χ4n) is 3.49. The number of hydrogen-bond acceptors (Lipinski definition) is 2. The van der Waals surface area contributed by atoms with Crippen LogP contribution >= 0.6 is 0 Å². The highest BCUT2D eigenvalue weighted by atomic mass is 28.4. The van der Waals surface area contributed by atoms with Gasteiger partial charge in [-0.3, -0.25) is 4.79 Å². The van der Waals surface area contributed by atoms with Crippen LogP contribution in [0.4, 0.5) is 0 Å². The molecule has 4 heteroatoms. The van der Waals surface area contributed by atoms with Crippen molar-refractivity contribution in [3.63, 3.8) is 0 Å². The Morgan fingerprint density at radius 3 is 2.48 bits per heavy atom.